The van der Waals surface area contributed by atoms with Gasteiger partial charge in [0.2, 0.25) is 0 Å². The van der Waals surface area contributed by atoms with Gasteiger partial charge in [-0.2, -0.15) is 5.10 Å². The number of aryl methyl sites for hydroxylation is 1. The fourth-order valence-electron chi connectivity index (χ4n) is 1.60. The minimum Gasteiger partial charge on any atom is -0.350 e. The molecule has 0 spiro atoms. The van der Waals surface area contributed by atoms with Crippen LogP contribution in [0.5, 0.6) is 0 Å². The van der Waals surface area contributed by atoms with Gasteiger partial charge in [-0.1, -0.05) is 0 Å². The quantitative estimate of drug-likeness (QED) is 0.691. The Morgan fingerprint density at radius 2 is 2.33 bits per heavy atom. The van der Waals surface area contributed by atoms with E-state index in [-0.39, 0.29) is 18.5 Å². The second-order valence-electron chi connectivity index (χ2n) is 3.33. The molecule has 2 heterocycles. The Hall–Kier alpha value is -1.20. The summed E-state index contributed by atoms with van der Waals surface area (Å²) in [6, 6.07) is 1.72. The molecule has 1 aromatic rings. The van der Waals surface area contributed by atoms with Gasteiger partial charge in [-0.3, -0.25) is 9.48 Å². The molecule has 5 heteroatoms. The average Bonchev–Trinajstić information content (AvgIpc) is 2.86. The maximum Gasteiger partial charge on any atom is 0.185 e. The number of hydrogen-bond acceptors (Lipinski definition) is 4. The van der Waals surface area contributed by atoms with Crippen LogP contribution in [0.4, 0.5) is 0 Å². The molecule has 0 aliphatic carbocycles. The molecular formula is C10H14N2O3. The first-order valence-electron chi connectivity index (χ1n) is 5.09. The van der Waals surface area contributed by atoms with Crippen molar-refractivity contribution in [3.05, 3.63) is 18.0 Å². The average molecular weight is 210 g/mol. The first kappa shape index (κ1) is 10.3. The molecule has 15 heavy (non-hydrogen) atoms. The number of Topliss-reactive ketones (excluding diaryl/α,β-unsaturated/α-hetero) is 1. The Bertz CT molecular complexity index is 342. The van der Waals surface area contributed by atoms with Crippen LogP contribution in [0, 0.1) is 0 Å². The molecule has 0 saturated carbocycles. The Morgan fingerprint density at radius 1 is 1.60 bits per heavy atom. The summed E-state index contributed by atoms with van der Waals surface area (Å²) in [6.07, 6.45) is 1.52. The van der Waals surface area contributed by atoms with E-state index < -0.39 is 0 Å². The van der Waals surface area contributed by atoms with Crippen molar-refractivity contribution in [1.29, 1.82) is 0 Å². The number of hydrogen-bond donors (Lipinski definition) is 0. The van der Waals surface area contributed by atoms with Crippen molar-refractivity contribution in [3.8, 4) is 0 Å². The van der Waals surface area contributed by atoms with Gasteiger partial charge >= 0.3 is 0 Å². The molecule has 1 fully saturated rings. The van der Waals surface area contributed by atoms with Crippen LogP contribution in [0.2, 0.25) is 0 Å². The molecule has 0 atom stereocenters. The molecule has 1 aliphatic heterocycles. The van der Waals surface area contributed by atoms with Crippen molar-refractivity contribution >= 4 is 5.78 Å². The monoisotopic (exact) mass is 210 g/mol. The first-order chi connectivity index (χ1) is 7.31. The topological polar surface area (TPSA) is 53.4 Å². The summed E-state index contributed by atoms with van der Waals surface area (Å²) in [5.41, 5.74) is 0.622. The number of rotatable bonds is 4. The summed E-state index contributed by atoms with van der Waals surface area (Å²) in [5.74, 6) is 0.0150. The summed E-state index contributed by atoms with van der Waals surface area (Å²) >= 11 is 0. The standard InChI is InChI=1S/C10H14N2O3/c1-2-12-8(3-4-11-12)9(13)7-10-14-5-6-15-10/h3-4,10H,2,5-7H2,1H3. The predicted molar refractivity (Wildman–Crippen MR) is 52.5 cm³/mol. The number of ether oxygens (including phenoxy) is 2. The molecule has 1 saturated heterocycles. The Labute approximate surface area is 88.0 Å². The molecular weight excluding hydrogens is 196 g/mol. The number of carbonyl (C=O) groups is 1. The lowest BCUT2D eigenvalue weighted by Gasteiger charge is -2.08. The maximum absolute atomic E-state index is 11.8. The van der Waals surface area contributed by atoms with Crippen molar-refractivity contribution in [2.45, 2.75) is 26.2 Å². The lowest BCUT2D eigenvalue weighted by atomic mass is 10.2. The van der Waals surface area contributed by atoms with Gasteiger partial charge in [0.1, 0.15) is 5.69 Å². The van der Waals surface area contributed by atoms with Gasteiger partial charge in [0.05, 0.1) is 19.6 Å². The van der Waals surface area contributed by atoms with Gasteiger partial charge in [-0.15, -0.1) is 0 Å². The van der Waals surface area contributed by atoms with Crippen LogP contribution in [0.3, 0.4) is 0 Å². The van der Waals surface area contributed by atoms with Gasteiger partial charge in [-0.25, -0.2) is 0 Å². The van der Waals surface area contributed by atoms with Gasteiger partial charge in [0, 0.05) is 12.7 Å². The van der Waals surface area contributed by atoms with Gasteiger partial charge in [0.15, 0.2) is 12.1 Å². The van der Waals surface area contributed by atoms with E-state index in [0.717, 1.165) is 0 Å². The van der Waals surface area contributed by atoms with Crippen LogP contribution in [0.1, 0.15) is 23.8 Å². The zero-order chi connectivity index (χ0) is 10.7. The zero-order valence-electron chi connectivity index (χ0n) is 8.68. The van der Waals surface area contributed by atoms with Crippen LogP contribution in [-0.2, 0) is 16.0 Å². The fraction of sp³-hybridized carbons (Fsp3) is 0.600. The smallest absolute Gasteiger partial charge is 0.185 e. The number of ketones is 1. The summed E-state index contributed by atoms with van der Waals surface area (Å²) in [5, 5.41) is 4.04. The van der Waals surface area contributed by atoms with E-state index >= 15 is 0 Å². The number of aromatic nitrogens is 2. The fourth-order valence-corrected chi connectivity index (χ4v) is 1.60. The van der Waals surface area contributed by atoms with Crippen LogP contribution in [0.25, 0.3) is 0 Å². The highest BCUT2D eigenvalue weighted by Crippen LogP contribution is 2.12. The van der Waals surface area contributed by atoms with E-state index in [9.17, 15) is 4.79 Å². The number of carbonyl (C=O) groups excluding carboxylic acids is 1. The zero-order valence-corrected chi connectivity index (χ0v) is 8.68. The van der Waals surface area contributed by atoms with Gasteiger partial charge < -0.3 is 9.47 Å². The largest absolute Gasteiger partial charge is 0.350 e. The van der Waals surface area contributed by atoms with Crippen LogP contribution >= 0.6 is 0 Å². The van der Waals surface area contributed by atoms with E-state index in [4.69, 9.17) is 9.47 Å². The molecule has 1 aromatic heterocycles. The minimum absolute atomic E-state index is 0.0150. The highest BCUT2D eigenvalue weighted by molar-refractivity contribution is 5.94. The van der Waals surface area contributed by atoms with Crippen LogP contribution < -0.4 is 0 Å². The first-order valence-corrected chi connectivity index (χ1v) is 5.09. The van der Waals surface area contributed by atoms with Gasteiger partial charge in [0.25, 0.3) is 0 Å². The third-order valence-corrected chi connectivity index (χ3v) is 2.34. The van der Waals surface area contributed by atoms with E-state index in [1.807, 2.05) is 6.92 Å². The van der Waals surface area contributed by atoms with Crippen LogP contribution in [-0.4, -0.2) is 35.1 Å². The van der Waals surface area contributed by atoms with Crippen LogP contribution in [0.15, 0.2) is 12.3 Å². The summed E-state index contributed by atoms with van der Waals surface area (Å²) in [6.45, 7) is 3.79. The highest BCUT2D eigenvalue weighted by Gasteiger charge is 2.22. The predicted octanol–water partition coefficient (Wildman–Crippen LogP) is 0.849. The summed E-state index contributed by atoms with van der Waals surface area (Å²) < 4.78 is 12.1. The second-order valence-corrected chi connectivity index (χ2v) is 3.33. The molecule has 0 aromatic carbocycles. The van der Waals surface area contributed by atoms with Crippen molar-refractivity contribution in [2.24, 2.45) is 0 Å². The van der Waals surface area contributed by atoms with E-state index in [1.165, 1.54) is 0 Å². The third-order valence-electron chi connectivity index (χ3n) is 2.34. The third kappa shape index (κ3) is 2.24. The van der Waals surface area contributed by atoms with Crippen molar-refractivity contribution in [3.63, 3.8) is 0 Å². The Balaban J connectivity index is 2.00. The van der Waals surface area contributed by atoms with Gasteiger partial charge in [-0.05, 0) is 13.0 Å². The lowest BCUT2D eigenvalue weighted by molar-refractivity contribution is -0.0409. The van der Waals surface area contributed by atoms with E-state index in [0.29, 0.717) is 25.5 Å². The summed E-state index contributed by atoms with van der Waals surface area (Å²) in [4.78, 5) is 11.8. The Kier molecular flexibility index (Phi) is 3.13. The Morgan fingerprint density at radius 3 is 3.00 bits per heavy atom. The van der Waals surface area contributed by atoms with Crippen molar-refractivity contribution in [1.82, 2.24) is 9.78 Å². The molecule has 0 amide bonds. The molecule has 1 aliphatic rings. The molecule has 2 rings (SSSR count). The maximum atomic E-state index is 11.8. The SMILES string of the molecule is CCn1nccc1C(=O)CC1OCCO1. The lowest BCUT2D eigenvalue weighted by Crippen LogP contribution is -2.17. The normalized spacial score (nSPS) is 17.1. The van der Waals surface area contributed by atoms with E-state index in [1.54, 1.807) is 16.9 Å². The molecule has 0 radical (unpaired) electrons. The molecule has 5 nitrogen and oxygen atoms in total. The summed E-state index contributed by atoms with van der Waals surface area (Å²) in [7, 11) is 0. The second kappa shape index (κ2) is 4.55. The molecule has 0 bridgehead atoms. The highest BCUT2D eigenvalue weighted by atomic mass is 16.7. The molecule has 0 unspecified atom stereocenters. The van der Waals surface area contributed by atoms with E-state index in [2.05, 4.69) is 5.10 Å². The molecule has 0 N–H and O–H groups in total. The molecule has 82 valence electrons. The van der Waals surface area contributed by atoms with Crippen molar-refractivity contribution < 1.29 is 14.3 Å². The number of nitrogens with zero attached hydrogens (tertiary/aromatic N) is 2. The minimum atomic E-state index is -0.377. The van der Waals surface area contributed by atoms with Crippen molar-refractivity contribution in [2.75, 3.05) is 13.2 Å².